The van der Waals surface area contributed by atoms with Gasteiger partial charge in [-0.1, -0.05) is 48.1 Å². The van der Waals surface area contributed by atoms with Crippen LogP contribution in [0.25, 0.3) is 0 Å². The first-order valence-electron chi connectivity index (χ1n) is 3.56. The molecule has 0 heterocycles. The molecule has 0 fully saturated rings. The first-order valence-corrected chi connectivity index (χ1v) is 3.56. The van der Waals surface area contributed by atoms with Crippen molar-refractivity contribution in [2.24, 2.45) is 0 Å². The summed E-state index contributed by atoms with van der Waals surface area (Å²) >= 11 is 0. The fourth-order valence-corrected chi connectivity index (χ4v) is 0.797. The Morgan fingerprint density at radius 3 is 2.80 bits per heavy atom. The maximum absolute atomic E-state index is 2.15. The van der Waals surface area contributed by atoms with Gasteiger partial charge in [-0.2, -0.15) is 0 Å². The van der Waals surface area contributed by atoms with Crippen LogP contribution in [0, 0.1) is 0 Å². The Kier molecular flexibility index (Phi) is 2.75. The summed E-state index contributed by atoms with van der Waals surface area (Å²) in [6.45, 7) is 2.10. The largest absolute Gasteiger partial charge is 0.0807 e. The maximum Gasteiger partial charge on any atom is -0.0163 e. The highest BCUT2D eigenvalue weighted by Gasteiger charge is 1.78. The minimum Gasteiger partial charge on any atom is -0.0807 e. The first-order chi connectivity index (χ1) is 4.89. The predicted molar refractivity (Wildman–Crippen MR) is 45.8 cm³/mol. The van der Waals surface area contributed by atoms with E-state index in [0.29, 0.717) is 0 Å². The summed E-state index contributed by atoms with van der Waals surface area (Å²) in [7, 11) is 0. The molecule has 0 unspecified atom stereocenters. The zero-order valence-corrected chi connectivity index (χ0v) is 6.25. The van der Waals surface area contributed by atoms with Crippen molar-refractivity contribution < 1.29 is 0 Å². The second-order valence-corrected chi connectivity index (χ2v) is 2.36. The van der Waals surface area contributed by atoms with Crippen LogP contribution in [0.4, 0.5) is 0 Å². The third kappa shape index (κ3) is 2.49. The van der Waals surface area contributed by atoms with Crippen LogP contribution < -0.4 is 0 Å². The Balaban J connectivity index is 2.74. The lowest BCUT2D eigenvalue weighted by Gasteiger charge is -1.83. The lowest BCUT2D eigenvalue weighted by molar-refractivity contribution is 1.39. The average molecular weight is 132 g/mol. The molecular weight excluding hydrogens is 120 g/mol. The Labute approximate surface area is 62.3 Å². The van der Waals surface area contributed by atoms with E-state index >= 15 is 0 Å². The van der Waals surface area contributed by atoms with Crippen molar-refractivity contribution in [3.05, 3.63) is 48.1 Å². The van der Waals surface area contributed by atoms with Crippen LogP contribution in [-0.4, -0.2) is 0 Å². The van der Waals surface area contributed by atoms with Crippen LogP contribution in [0.15, 0.2) is 48.1 Å². The molecule has 1 rings (SSSR count). The van der Waals surface area contributed by atoms with Crippen LogP contribution in [0.1, 0.15) is 13.3 Å². The molecule has 52 valence electrons. The van der Waals surface area contributed by atoms with Gasteiger partial charge in [0.25, 0.3) is 0 Å². The van der Waals surface area contributed by atoms with E-state index < -0.39 is 0 Å². The number of hydrogen-bond donors (Lipinski definition) is 0. The first kappa shape index (κ1) is 7.07. The molecule has 1 aliphatic rings. The van der Waals surface area contributed by atoms with Gasteiger partial charge in [-0.25, -0.2) is 0 Å². The Morgan fingerprint density at radius 2 is 1.90 bits per heavy atom. The highest BCUT2D eigenvalue weighted by Crippen LogP contribution is 1.99. The van der Waals surface area contributed by atoms with E-state index in [1.54, 1.807) is 0 Å². The third-order valence-electron chi connectivity index (χ3n) is 1.37. The highest BCUT2D eigenvalue weighted by atomic mass is 13.8. The Morgan fingerprint density at radius 1 is 1.10 bits per heavy atom. The van der Waals surface area contributed by atoms with Gasteiger partial charge in [-0.15, -0.1) is 0 Å². The summed E-state index contributed by atoms with van der Waals surface area (Å²) in [5, 5.41) is 0. The summed E-state index contributed by atoms with van der Waals surface area (Å²) in [4.78, 5) is 0. The van der Waals surface area contributed by atoms with Crippen molar-refractivity contribution in [1.29, 1.82) is 0 Å². The molecule has 0 aromatic rings. The van der Waals surface area contributed by atoms with Gasteiger partial charge in [0.15, 0.2) is 0 Å². The molecule has 0 spiro atoms. The molecule has 0 aliphatic heterocycles. The van der Waals surface area contributed by atoms with Crippen molar-refractivity contribution in [2.75, 3.05) is 0 Å². The second kappa shape index (κ2) is 3.89. The fraction of sp³-hybridized carbons (Fsp3) is 0.200. The van der Waals surface area contributed by atoms with Crippen LogP contribution >= 0.6 is 0 Å². The minimum atomic E-state index is 1.04. The van der Waals surface area contributed by atoms with Gasteiger partial charge >= 0.3 is 0 Å². The summed E-state index contributed by atoms with van der Waals surface area (Å²) in [5.74, 6) is 0. The molecule has 0 N–H and O–H groups in total. The van der Waals surface area contributed by atoms with Crippen LogP contribution in [-0.2, 0) is 0 Å². The zero-order chi connectivity index (χ0) is 7.23. The summed E-state index contributed by atoms with van der Waals surface area (Å²) in [6.07, 6.45) is 15.8. The second-order valence-electron chi connectivity index (χ2n) is 2.36. The van der Waals surface area contributed by atoms with E-state index in [-0.39, 0.29) is 0 Å². The molecule has 0 saturated carbocycles. The number of allylic oxidation sites excluding steroid dienone is 8. The van der Waals surface area contributed by atoms with Gasteiger partial charge in [0.1, 0.15) is 0 Å². The SMILES string of the molecule is CC1=CC=CCC=CC=C1. The lowest BCUT2D eigenvalue weighted by atomic mass is 10.2. The fourth-order valence-electron chi connectivity index (χ4n) is 0.797. The minimum absolute atomic E-state index is 1.04. The van der Waals surface area contributed by atoms with Crippen molar-refractivity contribution in [1.82, 2.24) is 0 Å². The molecule has 0 saturated heterocycles. The van der Waals surface area contributed by atoms with Crippen molar-refractivity contribution in [3.8, 4) is 0 Å². The Bertz CT molecular complexity index is 202. The topological polar surface area (TPSA) is 0 Å². The summed E-state index contributed by atoms with van der Waals surface area (Å²) < 4.78 is 0. The predicted octanol–water partition coefficient (Wildman–Crippen LogP) is 3.01. The molecule has 0 radical (unpaired) electrons. The molecule has 0 bridgehead atoms. The van der Waals surface area contributed by atoms with Gasteiger partial charge < -0.3 is 0 Å². The molecular formula is C10H12. The molecule has 0 atom stereocenters. The molecule has 1 aliphatic carbocycles. The van der Waals surface area contributed by atoms with Gasteiger partial charge in [0.05, 0.1) is 0 Å². The molecule has 0 amide bonds. The number of rotatable bonds is 0. The van der Waals surface area contributed by atoms with Gasteiger partial charge in [0, 0.05) is 0 Å². The molecule has 0 aromatic heterocycles. The average Bonchev–Trinajstić information content (AvgIpc) is 2.02. The van der Waals surface area contributed by atoms with Crippen LogP contribution in [0.2, 0.25) is 0 Å². The van der Waals surface area contributed by atoms with Gasteiger partial charge in [-0.05, 0) is 13.3 Å². The molecule has 0 nitrogen and oxygen atoms in total. The van der Waals surface area contributed by atoms with E-state index in [1.165, 1.54) is 5.57 Å². The summed E-state index contributed by atoms with van der Waals surface area (Å²) in [5.41, 5.74) is 1.29. The highest BCUT2D eigenvalue weighted by molar-refractivity contribution is 5.25. The smallest absolute Gasteiger partial charge is 0.0163 e. The van der Waals surface area contributed by atoms with Crippen molar-refractivity contribution in [3.63, 3.8) is 0 Å². The standard InChI is InChI=1S/C10H12/c1-10-8-6-4-2-3-5-7-9-10/h2,4-9H,3H2,1H3. The molecule has 0 heteroatoms. The van der Waals surface area contributed by atoms with Crippen molar-refractivity contribution in [2.45, 2.75) is 13.3 Å². The van der Waals surface area contributed by atoms with E-state index in [0.717, 1.165) is 6.42 Å². The normalized spacial score (nSPS) is 17.5. The maximum atomic E-state index is 2.15. The summed E-state index contributed by atoms with van der Waals surface area (Å²) in [6, 6.07) is 0. The monoisotopic (exact) mass is 132 g/mol. The third-order valence-corrected chi connectivity index (χ3v) is 1.37. The van der Waals surface area contributed by atoms with E-state index in [2.05, 4.69) is 49.5 Å². The van der Waals surface area contributed by atoms with Crippen LogP contribution in [0.5, 0.6) is 0 Å². The van der Waals surface area contributed by atoms with Gasteiger partial charge in [-0.3, -0.25) is 0 Å². The Hall–Kier alpha value is -1.04. The van der Waals surface area contributed by atoms with Crippen molar-refractivity contribution >= 4 is 0 Å². The van der Waals surface area contributed by atoms with E-state index in [9.17, 15) is 0 Å². The van der Waals surface area contributed by atoms with Crippen LogP contribution in [0.3, 0.4) is 0 Å². The van der Waals surface area contributed by atoms with E-state index in [1.807, 2.05) is 0 Å². The van der Waals surface area contributed by atoms with Gasteiger partial charge in [0.2, 0.25) is 0 Å². The molecule has 10 heavy (non-hydrogen) atoms. The quantitative estimate of drug-likeness (QED) is 0.475. The van der Waals surface area contributed by atoms with E-state index in [4.69, 9.17) is 0 Å². The molecule has 0 aromatic carbocycles. The lowest BCUT2D eigenvalue weighted by Crippen LogP contribution is -1.62. The number of hydrogen-bond acceptors (Lipinski definition) is 0. The zero-order valence-electron chi connectivity index (χ0n) is 6.25.